The number of aliphatic hydroxyl groups is 1. The first kappa shape index (κ1) is 18.5. The standard InChI is InChI=1S/C20H29N3O4/c1-22-18(26)16(11-21-19(22)27)7-17(25)23(2-3-24)12-20-8-13-4-14(9-20)6-15(5-13)10-20/h11,13-15,24H,2-10,12H2,1H3,(H,21,27). The van der Waals surface area contributed by atoms with E-state index >= 15 is 0 Å². The van der Waals surface area contributed by atoms with E-state index in [0.717, 1.165) is 22.3 Å². The number of rotatable bonds is 6. The topological polar surface area (TPSA) is 95.4 Å². The van der Waals surface area contributed by atoms with Crippen LogP contribution in [-0.4, -0.2) is 45.2 Å². The highest BCUT2D eigenvalue weighted by Gasteiger charge is 2.51. The third-order valence-corrected chi connectivity index (χ3v) is 7.01. The molecule has 0 aromatic carbocycles. The van der Waals surface area contributed by atoms with Gasteiger partial charge in [-0.2, -0.15) is 0 Å². The molecule has 0 atom stereocenters. The summed E-state index contributed by atoms with van der Waals surface area (Å²) in [5.41, 5.74) is -0.450. The monoisotopic (exact) mass is 375 g/mol. The number of hydrogen-bond acceptors (Lipinski definition) is 4. The highest BCUT2D eigenvalue weighted by molar-refractivity contribution is 5.78. The minimum Gasteiger partial charge on any atom is -0.395 e. The molecule has 148 valence electrons. The van der Waals surface area contributed by atoms with E-state index < -0.39 is 11.2 Å². The van der Waals surface area contributed by atoms with Crippen LogP contribution in [-0.2, 0) is 18.3 Å². The van der Waals surface area contributed by atoms with Crippen LogP contribution in [0.2, 0.25) is 0 Å². The Labute approximate surface area is 158 Å². The van der Waals surface area contributed by atoms with Crippen LogP contribution in [0.4, 0.5) is 0 Å². The van der Waals surface area contributed by atoms with Gasteiger partial charge in [-0.15, -0.1) is 0 Å². The van der Waals surface area contributed by atoms with E-state index in [1.165, 1.54) is 51.8 Å². The number of aromatic nitrogens is 2. The molecule has 4 aliphatic carbocycles. The quantitative estimate of drug-likeness (QED) is 0.763. The largest absolute Gasteiger partial charge is 0.395 e. The van der Waals surface area contributed by atoms with E-state index in [4.69, 9.17) is 0 Å². The van der Waals surface area contributed by atoms with Crippen molar-refractivity contribution in [3.8, 4) is 0 Å². The maximum Gasteiger partial charge on any atom is 0.328 e. The molecule has 27 heavy (non-hydrogen) atoms. The molecule has 0 saturated heterocycles. The maximum absolute atomic E-state index is 12.9. The summed E-state index contributed by atoms with van der Waals surface area (Å²) in [5, 5.41) is 9.49. The molecule has 4 saturated carbocycles. The van der Waals surface area contributed by atoms with Gasteiger partial charge < -0.3 is 15.0 Å². The molecule has 2 N–H and O–H groups in total. The van der Waals surface area contributed by atoms with Gasteiger partial charge in [-0.1, -0.05) is 0 Å². The average molecular weight is 375 g/mol. The second-order valence-electron chi connectivity index (χ2n) is 9.12. The van der Waals surface area contributed by atoms with E-state index in [1.807, 2.05) is 0 Å². The lowest BCUT2D eigenvalue weighted by atomic mass is 9.49. The molecule has 7 nitrogen and oxygen atoms in total. The van der Waals surface area contributed by atoms with Gasteiger partial charge >= 0.3 is 5.69 Å². The normalized spacial score (nSPS) is 31.3. The Bertz CT molecular complexity index is 805. The van der Waals surface area contributed by atoms with Gasteiger partial charge in [0.2, 0.25) is 5.91 Å². The summed E-state index contributed by atoms with van der Waals surface area (Å²) >= 11 is 0. The second kappa shape index (κ2) is 6.93. The Morgan fingerprint density at radius 1 is 1.22 bits per heavy atom. The van der Waals surface area contributed by atoms with Crippen LogP contribution in [0, 0.1) is 23.2 Å². The maximum atomic E-state index is 12.9. The van der Waals surface area contributed by atoms with Crippen molar-refractivity contribution < 1.29 is 9.90 Å². The van der Waals surface area contributed by atoms with E-state index in [1.54, 1.807) is 4.90 Å². The number of amides is 1. The summed E-state index contributed by atoms with van der Waals surface area (Å²) in [6.07, 6.45) is 8.90. The summed E-state index contributed by atoms with van der Waals surface area (Å²) in [5.74, 6) is 2.25. The summed E-state index contributed by atoms with van der Waals surface area (Å²) in [6, 6.07) is 0. The van der Waals surface area contributed by atoms with Crippen molar-refractivity contribution in [3.05, 3.63) is 32.6 Å². The fourth-order valence-corrected chi connectivity index (χ4v) is 6.32. The third-order valence-electron chi connectivity index (χ3n) is 7.01. The Kier molecular flexibility index (Phi) is 4.74. The van der Waals surface area contributed by atoms with Crippen LogP contribution in [0.25, 0.3) is 0 Å². The van der Waals surface area contributed by atoms with Gasteiger partial charge in [0.05, 0.1) is 13.0 Å². The Balaban J connectivity index is 1.51. The number of H-pyrrole nitrogens is 1. The SMILES string of the molecule is Cn1c(=O)[nH]cc(CC(=O)N(CCO)CC23CC4CC(CC(C4)C2)C3)c1=O. The molecule has 0 unspecified atom stereocenters. The van der Waals surface area contributed by atoms with Crippen molar-refractivity contribution in [2.45, 2.75) is 44.9 Å². The Morgan fingerprint density at radius 3 is 2.37 bits per heavy atom. The summed E-state index contributed by atoms with van der Waals surface area (Å²) in [7, 11) is 1.40. The van der Waals surface area contributed by atoms with Crippen molar-refractivity contribution >= 4 is 5.91 Å². The van der Waals surface area contributed by atoms with Crippen molar-refractivity contribution in [1.82, 2.24) is 14.5 Å². The van der Waals surface area contributed by atoms with Crippen LogP contribution in [0.5, 0.6) is 0 Å². The van der Waals surface area contributed by atoms with E-state index in [9.17, 15) is 19.5 Å². The van der Waals surface area contributed by atoms with Gasteiger partial charge in [0.25, 0.3) is 5.56 Å². The third kappa shape index (κ3) is 3.49. The molecule has 5 rings (SSSR count). The molecule has 0 aliphatic heterocycles. The smallest absolute Gasteiger partial charge is 0.328 e. The Morgan fingerprint density at radius 2 is 1.81 bits per heavy atom. The van der Waals surface area contributed by atoms with E-state index in [-0.39, 0.29) is 29.9 Å². The van der Waals surface area contributed by atoms with Gasteiger partial charge in [-0.05, 0) is 61.7 Å². The van der Waals surface area contributed by atoms with Crippen molar-refractivity contribution in [1.29, 1.82) is 0 Å². The van der Waals surface area contributed by atoms with E-state index in [2.05, 4.69) is 4.98 Å². The molecule has 0 spiro atoms. The summed E-state index contributed by atoms with van der Waals surface area (Å²) in [6.45, 7) is 0.894. The molecule has 1 aromatic heterocycles. The van der Waals surface area contributed by atoms with Crippen molar-refractivity contribution in [2.24, 2.45) is 30.2 Å². The highest BCUT2D eigenvalue weighted by atomic mass is 16.3. The molecule has 1 amide bonds. The predicted octanol–water partition coefficient (Wildman–Crippen LogP) is 0.653. The van der Waals surface area contributed by atoms with Gasteiger partial charge in [0.1, 0.15) is 0 Å². The molecular weight excluding hydrogens is 346 g/mol. The number of nitrogens with one attached hydrogen (secondary N) is 1. The van der Waals surface area contributed by atoms with E-state index in [0.29, 0.717) is 13.1 Å². The van der Waals surface area contributed by atoms with Crippen molar-refractivity contribution in [2.75, 3.05) is 19.7 Å². The summed E-state index contributed by atoms with van der Waals surface area (Å²) in [4.78, 5) is 40.9. The first-order chi connectivity index (χ1) is 12.9. The summed E-state index contributed by atoms with van der Waals surface area (Å²) < 4.78 is 0.984. The molecule has 4 aliphatic rings. The van der Waals surface area contributed by atoms with Gasteiger partial charge in [-0.25, -0.2) is 4.79 Å². The van der Waals surface area contributed by atoms with Crippen LogP contribution < -0.4 is 11.2 Å². The lowest BCUT2D eigenvalue weighted by Crippen LogP contribution is -2.53. The fraction of sp³-hybridized carbons (Fsp3) is 0.750. The van der Waals surface area contributed by atoms with Crippen LogP contribution in [0.1, 0.15) is 44.1 Å². The lowest BCUT2D eigenvalue weighted by molar-refractivity contribution is -0.137. The van der Waals surface area contributed by atoms with Gasteiger partial charge in [0.15, 0.2) is 0 Å². The average Bonchev–Trinajstić information content (AvgIpc) is 2.60. The zero-order valence-corrected chi connectivity index (χ0v) is 15.9. The molecule has 1 heterocycles. The highest BCUT2D eigenvalue weighted by Crippen LogP contribution is 2.60. The number of aromatic amines is 1. The molecular formula is C20H29N3O4. The Hall–Kier alpha value is -1.89. The second-order valence-corrected chi connectivity index (χ2v) is 9.12. The molecule has 1 aromatic rings. The van der Waals surface area contributed by atoms with Crippen molar-refractivity contribution in [3.63, 3.8) is 0 Å². The number of hydrogen-bond donors (Lipinski definition) is 2. The zero-order valence-electron chi connectivity index (χ0n) is 15.9. The molecule has 0 radical (unpaired) electrons. The zero-order chi connectivity index (χ0) is 19.2. The fourth-order valence-electron chi connectivity index (χ4n) is 6.32. The number of carbonyl (C=O) groups excluding carboxylic acids is 1. The first-order valence-corrected chi connectivity index (χ1v) is 10.1. The van der Waals surface area contributed by atoms with Gasteiger partial charge in [-0.3, -0.25) is 14.2 Å². The van der Waals surface area contributed by atoms with Crippen LogP contribution >= 0.6 is 0 Å². The minimum absolute atomic E-state index is 0.0458. The molecule has 4 fully saturated rings. The molecule has 4 bridgehead atoms. The van der Waals surface area contributed by atoms with Gasteiger partial charge in [0, 0.05) is 31.9 Å². The van der Waals surface area contributed by atoms with Crippen LogP contribution in [0.15, 0.2) is 15.8 Å². The number of aliphatic hydroxyl groups excluding tert-OH is 1. The molecule has 7 heteroatoms. The number of carbonyl (C=O) groups is 1. The minimum atomic E-state index is -0.489. The number of nitrogens with zero attached hydrogens (tertiary/aromatic N) is 2. The predicted molar refractivity (Wildman–Crippen MR) is 100 cm³/mol. The van der Waals surface area contributed by atoms with Crippen LogP contribution in [0.3, 0.4) is 0 Å². The first-order valence-electron chi connectivity index (χ1n) is 10.1. The lowest BCUT2D eigenvalue weighted by Gasteiger charge is -2.57.